The molecular weight excluding hydrogens is 218 g/mol. The molecule has 0 amide bonds. The monoisotopic (exact) mass is 241 g/mol. The third-order valence-electron chi connectivity index (χ3n) is 3.40. The van der Waals surface area contributed by atoms with Crippen LogP contribution in [-0.2, 0) is 0 Å². The summed E-state index contributed by atoms with van der Waals surface area (Å²) in [6.07, 6.45) is 3.65. The highest BCUT2D eigenvalue weighted by Gasteiger charge is 2.25. The number of nitrogens with zero attached hydrogens (tertiary/aromatic N) is 2. The van der Waals surface area contributed by atoms with Gasteiger partial charge in [-0.05, 0) is 53.2 Å². The third kappa shape index (κ3) is 3.39. The molecule has 92 valence electrons. The molecule has 0 radical (unpaired) electrons. The Labute approximate surface area is 103 Å². The Morgan fingerprint density at radius 1 is 1.38 bits per heavy atom. The van der Waals surface area contributed by atoms with E-state index in [2.05, 4.69) is 31.1 Å². The average molecular weight is 241 g/mol. The second-order valence-corrected chi connectivity index (χ2v) is 6.66. The van der Waals surface area contributed by atoms with Crippen LogP contribution in [0.1, 0.15) is 33.1 Å². The molecule has 2 heterocycles. The molecule has 0 aromatic heterocycles. The number of likely N-dealkylation sites (tertiary alicyclic amines) is 1. The van der Waals surface area contributed by atoms with Crippen molar-refractivity contribution in [2.75, 3.05) is 25.9 Å². The van der Waals surface area contributed by atoms with Gasteiger partial charge >= 0.3 is 0 Å². The van der Waals surface area contributed by atoms with Crippen molar-refractivity contribution in [2.24, 2.45) is 4.99 Å². The lowest BCUT2D eigenvalue weighted by molar-refractivity contribution is 0.257. The molecule has 0 aromatic carbocycles. The molecule has 3 nitrogen and oxygen atoms in total. The van der Waals surface area contributed by atoms with Crippen molar-refractivity contribution in [3.63, 3.8) is 0 Å². The van der Waals surface area contributed by atoms with Gasteiger partial charge in [-0.1, -0.05) is 11.8 Å². The Morgan fingerprint density at radius 2 is 2.06 bits per heavy atom. The molecule has 0 saturated carbocycles. The van der Waals surface area contributed by atoms with Gasteiger partial charge in [0.05, 0.1) is 6.04 Å². The normalized spacial score (nSPS) is 30.3. The zero-order chi connectivity index (χ0) is 11.6. The molecule has 2 fully saturated rings. The largest absolute Gasteiger partial charge is 0.360 e. The first kappa shape index (κ1) is 12.2. The number of aliphatic imine (C=N–C) groups is 1. The lowest BCUT2D eigenvalue weighted by Crippen LogP contribution is -2.46. The van der Waals surface area contributed by atoms with Crippen LogP contribution in [0.4, 0.5) is 0 Å². The van der Waals surface area contributed by atoms with E-state index >= 15 is 0 Å². The molecule has 0 spiro atoms. The Morgan fingerprint density at radius 3 is 2.69 bits per heavy atom. The van der Waals surface area contributed by atoms with Crippen molar-refractivity contribution in [1.82, 2.24) is 10.2 Å². The summed E-state index contributed by atoms with van der Waals surface area (Å²) >= 11 is 1.89. The van der Waals surface area contributed by atoms with Crippen molar-refractivity contribution in [2.45, 2.75) is 44.7 Å². The number of hydrogen-bond acceptors (Lipinski definition) is 3. The quantitative estimate of drug-likeness (QED) is 0.760. The number of amidine groups is 1. The van der Waals surface area contributed by atoms with Gasteiger partial charge in [0, 0.05) is 11.3 Å². The zero-order valence-corrected chi connectivity index (χ0v) is 11.4. The molecule has 0 aromatic rings. The fraction of sp³-hybridized carbons (Fsp3) is 0.917. The maximum absolute atomic E-state index is 4.87. The van der Waals surface area contributed by atoms with Crippen LogP contribution in [0.25, 0.3) is 0 Å². The van der Waals surface area contributed by atoms with Crippen LogP contribution in [0.2, 0.25) is 0 Å². The Hall–Kier alpha value is -0.220. The fourth-order valence-corrected chi connectivity index (χ4v) is 3.53. The smallest absolute Gasteiger partial charge is 0.157 e. The standard InChI is InChI=1S/C12H23N3S/c1-12(2)6-9-16-11(14-12)13-10-4-7-15(3)8-5-10/h10H,4-9H2,1-3H3,(H,13,14). The Bertz CT molecular complexity index is 267. The number of nitrogens with one attached hydrogen (secondary N) is 1. The molecule has 2 saturated heterocycles. The van der Waals surface area contributed by atoms with Crippen LogP contribution in [0.15, 0.2) is 4.99 Å². The highest BCUT2D eigenvalue weighted by molar-refractivity contribution is 8.13. The third-order valence-corrected chi connectivity index (χ3v) is 4.29. The molecule has 0 bridgehead atoms. The van der Waals surface area contributed by atoms with E-state index in [0.717, 1.165) is 0 Å². The van der Waals surface area contributed by atoms with Crippen LogP contribution >= 0.6 is 11.8 Å². The lowest BCUT2D eigenvalue weighted by Gasteiger charge is -2.34. The van der Waals surface area contributed by atoms with Gasteiger partial charge in [0.15, 0.2) is 5.17 Å². The van der Waals surface area contributed by atoms with Crippen LogP contribution in [0.5, 0.6) is 0 Å². The SMILES string of the molecule is CN1CCC(N=C2NC(C)(C)CCS2)CC1. The van der Waals surface area contributed by atoms with E-state index in [1.165, 1.54) is 43.3 Å². The topological polar surface area (TPSA) is 27.6 Å². The summed E-state index contributed by atoms with van der Waals surface area (Å²) in [4.78, 5) is 7.26. The number of hydrogen-bond donors (Lipinski definition) is 1. The van der Waals surface area contributed by atoms with Crippen LogP contribution in [0.3, 0.4) is 0 Å². The van der Waals surface area contributed by atoms with Gasteiger partial charge in [0.25, 0.3) is 0 Å². The van der Waals surface area contributed by atoms with E-state index in [4.69, 9.17) is 4.99 Å². The van der Waals surface area contributed by atoms with E-state index in [0.29, 0.717) is 6.04 Å². The molecule has 2 aliphatic rings. The zero-order valence-electron chi connectivity index (χ0n) is 10.6. The van der Waals surface area contributed by atoms with Gasteiger partial charge in [0.2, 0.25) is 0 Å². The molecule has 0 unspecified atom stereocenters. The first-order valence-electron chi connectivity index (χ1n) is 6.22. The molecule has 2 rings (SSSR count). The van der Waals surface area contributed by atoms with Crippen LogP contribution < -0.4 is 5.32 Å². The summed E-state index contributed by atoms with van der Waals surface area (Å²) in [5.74, 6) is 1.20. The van der Waals surface area contributed by atoms with Crippen molar-refractivity contribution in [1.29, 1.82) is 0 Å². The average Bonchev–Trinajstić information content (AvgIpc) is 2.20. The van der Waals surface area contributed by atoms with Crippen LogP contribution in [0, 0.1) is 0 Å². The van der Waals surface area contributed by atoms with E-state index in [1.807, 2.05) is 11.8 Å². The summed E-state index contributed by atoms with van der Waals surface area (Å²) in [6, 6.07) is 0.542. The first-order chi connectivity index (χ1) is 7.55. The minimum Gasteiger partial charge on any atom is -0.360 e. The van der Waals surface area contributed by atoms with Crippen molar-refractivity contribution < 1.29 is 0 Å². The van der Waals surface area contributed by atoms with Gasteiger partial charge < -0.3 is 10.2 Å². The number of thioether (sulfide) groups is 1. The highest BCUT2D eigenvalue weighted by Crippen LogP contribution is 2.23. The molecule has 2 aliphatic heterocycles. The number of rotatable bonds is 1. The Kier molecular flexibility index (Phi) is 3.80. The molecule has 16 heavy (non-hydrogen) atoms. The molecular formula is C12H23N3S. The summed E-state index contributed by atoms with van der Waals surface area (Å²) in [5.41, 5.74) is 0.232. The highest BCUT2D eigenvalue weighted by atomic mass is 32.2. The minimum atomic E-state index is 0.232. The summed E-state index contributed by atoms with van der Waals surface area (Å²) < 4.78 is 0. The number of piperidine rings is 1. The van der Waals surface area contributed by atoms with Crippen molar-refractivity contribution >= 4 is 16.9 Å². The van der Waals surface area contributed by atoms with Gasteiger partial charge in [-0.15, -0.1) is 0 Å². The molecule has 0 aliphatic carbocycles. The van der Waals surface area contributed by atoms with E-state index in [1.54, 1.807) is 0 Å². The fourth-order valence-electron chi connectivity index (χ4n) is 2.15. The maximum atomic E-state index is 4.87. The molecule has 4 heteroatoms. The predicted molar refractivity (Wildman–Crippen MR) is 72.2 cm³/mol. The van der Waals surface area contributed by atoms with Crippen molar-refractivity contribution in [3.8, 4) is 0 Å². The van der Waals surface area contributed by atoms with E-state index < -0.39 is 0 Å². The molecule has 1 N–H and O–H groups in total. The predicted octanol–water partition coefficient (Wildman–Crippen LogP) is 1.94. The van der Waals surface area contributed by atoms with Gasteiger partial charge in [-0.3, -0.25) is 4.99 Å². The Balaban J connectivity index is 1.91. The lowest BCUT2D eigenvalue weighted by atomic mass is 10.0. The minimum absolute atomic E-state index is 0.232. The van der Waals surface area contributed by atoms with E-state index in [9.17, 15) is 0 Å². The van der Waals surface area contributed by atoms with Gasteiger partial charge in [-0.2, -0.15) is 0 Å². The van der Waals surface area contributed by atoms with Crippen molar-refractivity contribution in [3.05, 3.63) is 0 Å². The summed E-state index contributed by atoms with van der Waals surface area (Å²) in [6.45, 7) is 6.90. The summed E-state index contributed by atoms with van der Waals surface area (Å²) in [7, 11) is 2.19. The van der Waals surface area contributed by atoms with Gasteiger partial charge in [0.1, 0.15) is 0 Å². The van der Waals surface area contributed by atoms with E-state index in [-0.39, 0.29) is 5.54 Å². The maximum Gasteiger partial charge on any atom is 0.157 e. The van der Waals surface area contributed by atoms with Crippen LogP contribution in [-0.4, -0.2) is 47.5 Å². The first-order valence-corrected chi connectivity index (χ1v) is 7.21. The summed E-state index contributed by atoms with van der Waals surface area (Å²) in [5, 5.41) is 4.72. The van der Waals surface area contributed by atoms with Gasteiger partial charge in [-0.25, -0.2) is 0 Å². The second-order valence-electron chi connectivity index (χ2n) is 5.58. The molecule has 0 atom stereocenters. The second kappa shape index (κ2) is 4.96.